The van der Waals surface area contributed by atoms with Gasteiger partial charge in [0.1, 0.15) is 18.2 Å². The van der Waals surface area contributed by atoms with Gasteiger partial charge >= 0.3 is 5.97 Å². The molecule has 6 atom stereocenters. The maximum absolute atomic E-state index is 15.2. The predicted molar refractivity (Wildman–Crippen MR) is 223 cm³/mol. The molecule has 4 amide bonds. The zero-order valence-electron chi connectivity index (χ0n) is 34.6. The molecule has 6 unspecified atom stereocenters. The first-order valence-electron chi connectivity index (χ1n) is 20.1. The summed E-state index contributed by atoms with van der Waals surface area (Å²) < 4.78 is 5.85. The van der Waals surface area contributed by atoms with E-state index in [1.165, 1.54) is 30.9 Å². The third kappa shape index (κ3) is 8.64. The highest BCUT2D eigenvalue weighted by Crippen LogP contribution is 2.46. The molecule has 12 nitrogen and oxygen atoms in total. The number of nitrogens with zero attached hydrogens (tertiary/aromatic N) is 6. The minimum absolute atomic E-state index is 0.00474. The second-order valence-electron chi connectivity index (χ2n) is 16.6. The van der Waals surface area contributed by atoms with Gasteiger partial charge in [0.05, 0.1) is 28.8 Å². The highest BCUT2D eigenvalue weighted by Gasteiger charge is 2.63. The number of aromatic nitrogens is 1. The first-order chi connectivity index (χ1) is 28.2. The van der Waals surface area contributed by atoms with Crippen LogP contribution in [-0.4, -0.2) is 85.1 Å². The minimum atomic E-state index is -1.46. The SMILES string of the molecule is CCC(C)OC(=O)C(N(C=O)Cc1ccccc1)N1C(=O)C(N2C(=O)C(C(C)C)N(C(=O)c3ccc(C(C)(C)C)cc3)C2c2ccccc2C#N)C1CCc1nccs1. The van der Waals surface area contributed by atoms with Gasteiger partial charge in [0.15, 0.2) is 0 Å². The van der Waals surface area contributed by atoms with Crippen molar-refractivity contribution in [1.82, 2.24) is 24.6 Å². The molecule has 2 aliphatic heterocycles. The van der Waals surface area contributed by atoms with Crippen molar-refractivity contribution in [3.63, 3.8) is 0 Å². The molecule has 6 rings (SSSR count). The van der Waals surface area contributed by atoms with Crippen LogP contribution in [0.5, 0.6) is 0 Å². The van der Waals surface area contributed by atoms with Gasteiger partial charge in [-0.1, -0.05) is 102 Å². The van der Waals surface area contributed by atoms with Crippen LogP contribution in [0.25, 0.3) is 0 Å². The smallest absolute Gasteiger partial charge is 0.350 e. The third-order valence-corrected chi connectivity index (χ3v) is 12.1. The molecule has 3 heterocycles. The first-order valence-corrected chi connectivity index (χ1v) is 21.0. The topological polar surface area (TPSA) is 144 Å². The highest BCUT2D eigenvalue weighted by atomic mass is 32.1. The summed E-state index contributed by atoms with van der Waals surface area (Å²) in [6.45, 7) is 13.6. The molecule has 2 fully saturated rings. The maximum Gasteiger partial charge on any atom is 0.350 e. The van der Waals surface area contributed by atoms with Gasteiger partial charge in [-0.2, -0.15) is 5.26 Å². The molecular formula is C46H52N6O6S. The zero-order valence-corrected chi connectivity index (χ0v) is 35.5. The van der Waals surface area contributed by atoms with Crippen LogP contribution in [0.2, 0.25) is 0 Å². The molecule has 3 aromatic carbocycles. The Morgan fingerprint density at radius 3 is 2.25 bits per heavy atom. The summed E-state index contributed by atoms with van der Waals surface area (Å²) in [5.41, 5.74) is 2.59. The second kappa shape index (κ2) is 18.0. The van der Waals surface area contributed by atoms with Gasteiger partial charge in [-0.3, -0.25) is 19.2 Å². The lowest BCUT2D eigenvalue weighted by molar-refractivity contribution is -0.191. The molecule has 1 aromatic heterocycles. The van der Waals surface area contributed by atoms with Crippen LogP contribution in [0.3, 0.4) is 0 Å². The van der Waals surface area contributed by atoms with Gasteiger partial charge in [0.2, 0.25) is 24.4 Å². The largest absolute Gasteiger partial charge is 0.460 e. The average molecular weight is 817 g/mol. The molecule has 0 bridgehead atoms. The molecule has 59 heavy (non-hydrogen) atoms. The quantitative estimate of drug-likeness (QED) is 0.0720. The van der Waals surface area contributed by atoms with Crippen LogP contribution in [0.1, 0.15) is 105 Å². The van der Waals surface area contributed by atoms with E-state index in [0.29, 0.717) is 30.4 Å². The number of aryl methyl sites for hydroxylation is 1. The molecule has 13 heteroatoms. The van der Waals surface area contributed by atoms with Gasteiger partial charge in [-0.15, -0.1) is 11.3 Å². The number of amides is 4. The maximum atomic E-state index is 15.2. The van der Waals surface area contributed by atoms with Crippen LogP contribution < -0.4 is 0 Å². The standard InChI is InChI=1S/C46H52N6O6S/c1-8-30(4)58-45(57)41(49(28-53)27-31-14-10-9-11-15-31)50-36(22-23-37-48-24-25-59-37)39(44(50)56)52-40(35-17-13-12-16-33(35)26-47)51(38(29(2)3)43(52)55)42(54)32-18-20-34(21-19-32)46(5,6)7/h9-21,24-25,28-30,36,38-41H,8,22-23,27H2,1-7H3. The molecule has 0 aliphatic carbocycles. The Morgan fingerprint density at radius 2 is 1.66 bits per heavy atom. The third-order valence-electron chi connectivity index (χ3n) is 11.2. The number of thiazole rings is 1. The van der Waals surface area contributed by atoms with E-state index in [2.05, 4.69) is 31.8 Å². The fourth-order valence-corrected chi connectivity index (χ4v) is 8.66. The molecule has 0 radical (unpaired) electrons. The normalized spacial score (nSPS) is 20.2. The van der Waals surface area contributed by atoms with E-state index in [-0.39, 0.29) is 23.9 Å². The van der Waals surface area contributed by atoms with Gasteiger partial charge in [0.25, 0.3) is 5.91 Å². The predicted octanol–water partition coefficient (Wildman–Crippen LogP) is 6.86. The van der Waals surface area contributed by atoms with Crippen LogP contribution in [-0.2, 0) is 42.3 Å². The highest BCUT2D eigenvalue weighted by molar-refractivity contribution is 7.09. The van der Waals surface area contributed by atoms with Crippen molar-refractivity contribution in [1.29, 1.82) is 5.26 Å². The van der Waals surface area contributed by atoms with Gasteiger partial charge < -0.3 is 24.3 Å². The lowest BCUT2D eigenvalue weighted by atomic mass is 9.86. The Hall–Kier alpha value is -5.87. The van der Waals surface area contributed by atoms with Crippen molar-refractivity contribution in [3.8, 4) is 6.07 Å². The summed E-state index contributed by atoms with van der Waals surface area (Å²) in [5.74, 6) is -2.63. The van der Waals surface area contributed by atoms with E-state index in [1.54, 1.807) is 49.5 Å². The van der Waals surface area contributed by atoms with Crippen molar-refractivity contribution >= 4 is 41.4 Å². The Morgan fingerprint density at radius 1 is 0.983 bits per heavy atom. The molecule has 308 valence electrons. The van der Waals surface area contributed by atoms with Crippen LogP contribution >= 0.6 is 11.3 Å². The number of hydrogen-bond donors (Lipinski definition) is 0. The molecule has 4 aromatic rings. The minimum Gasteiger partial charge on any atom is -0.460 e. The van der Waals surface area contributed by atoms with Crippen molar-refractivity contribution in [2.45, 2.75) is 116 Å². The fourth-order valence-electron chi connectivity index (χ4n) is 8.03. The van der Waals surface area contributed by atoms with E-state index in [9.17, 15) is 19.6 Å². The number of rotatable bonds is 15. The number of carbonyl (C=O) groups is 5. The average Bonchev–Trinajstić information content (AvgIpc) is 3.86. The summed E-state index contributed by atoms with van der Waals surface area (Å²) in [4.78, 5) is 82.5. The monoisotopic (exact) mass is 816 g/mol. The Labute approximate surface area is 350 Å². The van der Waals surface area contributed by atoms with Gasteiger partial charge in [0, 0.05) is 35.7 Å². The molecule has 0 spiro atoms. The lowest BCUT2D eigenvalue weighted by Gasteiger charge is -2.55. The van der Waals surface area contributed by atoms with Crippen molar-refractivity contribution < 1.29 is 28.7 Å². The lowest BCUT2D eigenvalue weighted by Crippen LogP contribution is -2.76. The van der Waals surface area contributed by atoms with Crippen LogP contribution in [0.4, 0.5) is 0 Å². The number of nitriles is 1. The molecule has 0 saturated carbocycles. The van der Waals surface area contributed by atoms with E-state index in [0.717, 1.165) is 16.1 Å². The Balaban J connectivity index is 1.50. The van der Waals surface area contributed by atoms with Crippen molar-refractivity contribution in [3.05, 3.63) is 123 Å². The van der Waals surface area contributed by atoms with Gasteiger partial charge in [-0.25, -0.2) is 9.78 Å². The summed E-state index contributed by atoms with van der Waals surface area (Å²) in [6, 6.07) is 22.5. The number of likely N-dealkylation sites (tertiary alicyclic amines) is 1. The van der Waals surface area contributed by atoms with Crippen LogP contribution in [0.15, 0.2) is 90.4 Å². The number of carbonyl (C=O) groups excluding carboxylic acids is 5. The van der Waals surface area contributed by atoms with E-state index < -0.39 is 66.2 Å². The molecule has 0 N–H and O–H groups in total. The summed E-state index contributed by atoms with van der Waals surface area (Å²) in [6.07, 6.45) is 0.265. The van der Waals surface area contributed by atoms with Crippen molar-refractivity contribution in [2.75, 3.05) is 0 Å². The number of β-lactam (4-membered cyclic amide) rings is 1. The molecule has 2 saturated heterocycles. The van der Waals surface area contributed by atoms with Gasteiger partial charge in [-0.05, 0) is 60.4 Å². The van der Waals surface area contributed by atoms with Crippen molar-refractivity contribution in [2.24, 2.45) is 5.92 Å². The number of ether oxygens (including phenoxy) is 1. The second-order valence-corrected chi connectivity index (χ2v) is 17.5. The summed E-state index contributed by atoms with van der Waals surface area (Å²) in [5, 5.41) is 13.0. The van der Waals surface area contributed by atoms with Crippen LogP contribution in [0, 0.1) is 17.2 Å². The number of esters is 1. The fraction of sp³-hybridized carbons (Fsp3) is 0.413. The first kappa shape index (κ1) is 42.7. The van der Waals surface area contributed by atoms with E-state index in [4.69, 9.17) is 4.74 Å². The summed E-state index contributed by atoms with van der Waals surface area (Å²) in [7, 11) is 0. The number of hydrogen-bond acceptors (Lipinski definition) is 9. The number of benzene rings is 3. The van der Waals surface area contributed by atoms with E-state index in [1.807, 2.05) is 68.6 Å². The molecule has 2 aliphatic rings. The molecular weight excluding hydrogens is 765 g/mol. The summed E-state index contributed by atoms with van der Waals surface area (Å²) >= 11 is 1.44. The Kier molecular flexibility index (Phi) is 13.0. The zero-order chi connectivity index (χ0) is 42.6. The Bertz CT molecular complexity index is 2180. The van der Waals surface area contributed by atoms with E-state index >= 15 is 9.59 Å².